The molecule has 37 heavy (non-hydrogen) atoms. The number of amides is 2. The third-order valence-electron chi connectivity index (χ3n) is 6.31. The van der Waals surface area contributed by atoms with Crippen molar-refractivity contribution < 1.29 is 9.59 Å². The van der Waals surface area contributed by atoms with Gasteiger partial charge in [-0.15, -0.1) is 10.2 Å². The zero-order valence-electron chi connectivity index (χ0n) is 20.1. The van der Waals surface area contributed by atoms with E-state index in [9.17, 15) is 9.59 Å². The Labute approximate surface area is 214 Å². The van der Waals surface area contributed by atoms with Crippen molar-refractivity contribution in [2.75, 3.05) is 10.6 Å². The Balaban J connectivity index is 1.12. The van der Waals surface area contributed by atoms with Gasteiger partial charge in [-0.1, -0.05) is 12.1 Å². The average Bonchev–Trinajstić information content (AvgIpc) is 3.41. The molecule has 2 amide bonds. The average molecular weight is 495 g/mol. The topological polar surface area (TPSA) is 136 Å². The highest BCUT2D eigenvalue weighted by Gasteiger charge is 2.29. The molecule has 1 aliphatic carbocycles. The molecule has 2 atom stereocenters. The minimum atomic E-state index is -0.184. The van der Waals surface area contributed by atoms with Crippen molar-refractivity contribution in [2.45, 2.75) is 43.9 Å². The molecule has 10 nitrogen and oxygen atoms in total. The van der Waals surface area contributed by atoms with E-state index >= 15 is 0 Å². The first-order chi connectivity index (χ1) is 18.1. The molecule has 0 aliphatic heterocycles. The molecule has 0 unspecified atom stereocenters. The molecule has 0 radical (unpaired) electrons. The normalized spacial score (nSPS) is 16.8. The lowest BCUT2D eigenvalue weighted by Gasteiger charge is -2.11. The van der Waals surface area contributed by atoms with Crippen molar-refractivity contribution in [2.24, 2.45) is 0 Å². The van der Waals surface area contributed by atoms with Gasteiger partial charge < -0.3 is 10.6 Å². The molecular formula is C27H26N8O2. The van der Waals surface area contributed by atoms with E-state index in [1.54, 1.807) is 24.5 Å². The Kier molecular flexibility index (Phi) is 7.44. The highest BCUT2D eigenvalue weighted by molar-refractivity contribution is 5.91. The Morgan fingerprint density at radius 1 is 0.649 bits per heavy atom. The van der Waals surface area contributed by atoms with E-state index in [4.69, 9.17) is 0 Å². The van der Waals surface area contributed by atoms with Gasteiger partial charge in [0, 0.05) is 35.6 Å². The predicted molar refractivity (Wildman–Crippen MR) is 137 cm³/mol. The Morgan fingerprint density at radius 3 is 1.51 bits per heavy atom. The molecule has 4 aromatic rings. The van der Waals surface area contributed by atoms with E-state index in [-0.39, 0.29) is 36.5 Å². The van der Waals surface area contributed by atoms with E-state index in [1.165, 1.54) is 0 Å². The van der Waals surface area contributed by atoms with Crippen LogP contribution in [0.15, 0.2) is 73.1 Å². The SMILES string of the molecule is O=C(Cc1ccccn1)Nc1ccc([C@@H]2CC[C@@H](c3ccc(NC(=O)Cc4ccccn4)nn3)C2)nn1. The first-order valence-corrected chi connectivity index (χ1v) is 12.2. The number of aromatic nitrogens is 6. The summed E-state index contributed by atoms with van der Waals surface area (Å²) in [6.45, 7) is 0. The zero-order chi connectivity index (χ0) is 25.5. The second kappa shape index (κ2) is 11.4. The summed E-state index contributed by atoms with van der Waals surface area (Å²) in [6, 6.07) is 18.3. The summed E-state index contributed by atoms with van der Waals surface area (Å²) in [5, 5.41) is 22.7. The summed E-state index contributed by atoms with van der Waals surface area (Å²) in [4.78, 5) is 32.8. The molecule has 1 saturated carbocycles. The summed E-state index contributed by atoms with van der Waals surface area (Å²) < 4.78 is 0. The second-order valence-electron chi connectivity index (χ2n) is 8.99. The smallest absolute Gasteiger partial charge is 0.231 e. The Hall–Kier alpha value is -4.60. The van der Waals surface area contributed by atoms with Crippen LogP contribution in [0.1, 0.15) is 53.9 Å². The van der Waals surface area contributed by atoms with E-state index < -0.39 is 0 Å². The van der Waals surface area contributed by atoms with Crippen molar-refractivity contribution in [3.8, 4) is 0 Å². The van der Waals surface area contributed by atoms with Crippen LogP contribution in [0.4, 0.5) is 11.6 Å². The van der Waals surface area contributed by atoms with Crippen molar-refractivity contribution in [3.63, 3.8) is 0 Å². The highest BCUT2D eigenvalue weighted by Crippen LogP contribution is 2.42. The maximum atomic E-state index is 12.2. The van der Waals surface area contributed by atoms with Gasteiger partial charge in [0.15, 0.2) is 11.6 Å². The fourth-order valence-electron chi connectivity index (χ4n) is 4.48. The Morgan fingerprint density at radius 2 is 1.14 bits per heavy atom. The van der Waals surface area contributed by atoms with Crippen LogP contribution in [0.2, 0.25) is 0 Å². The number of pyridine rings is 2. The van der Waals surface area contributed by atoms with E-state index in [2.05, 4.69) is 41.0 Å². The van der Waals surface area contributed by atoms with Crippen molar-refractivity contribution in [1.82, 2.24) is 30.4 Å². The third kappa shape index (κ3) is 6.54. The number of carbonyl (C=O) groups excluding carboxylic acids is 2. The fraction of sp³-hybridized carbons (Fsp3) is 0.259. The monoisotopic (exact) mass is 494 g/mol. The van der Waals surface area contributed by atoms with Gasteiger partial charge in [-0.05, 0) is 67.8 Å². The van der Waals surface area contributed by atoms with Crippen LogP contribution in [0, 0.1) is 0 Å². The molecule has 0 aromatic carbocycles. The summed E-state index contributed by atoms with van der Waals surface area (Å²) >= 11 is 0. The van der Waals surface area contributed by atoms with E-state index in [0.29, 0.717) is 23.0 Å². The molecular weight excluding hydrogens is 468 g/mol. The quantitative estimate of drug-likeness (QED) is 0.380. The van der Waals surface area contributed by atoms with Gasteiger partial charge >= 0.3 is 0 Å². The van der Waals surface area contributed by atoms with Gasteiger partial charge in [0.05, 0.1) is 24.2 Å². The molecule has 2 N–H and O–H groups in total. The number of carbonyl (C=O) groups is 2. The lowest BCUT2D eigenvalue weighted by molar-refractivity contribution is -0.116. The number of anilines is 2. The van der Waals surface area contributed by atoms with Crippen LogP contribution in [0.3, 0.4) is 0 Å². The minimum Gasteiger partial charge on any atom is -0.309 e. The van der Waals surface area contributed by atoms with Gasteiger partial charge in [0.2, 0.25) is 11.8 Å². The molecule has 1 fully saturated rings. The van der Waals surface area contributed by atoms with Crippen LogP contribution in [0.5, 0.6) is 0 Å². The van der Waals surface area contributed by atoms with Gasteiger partial charge in [-0.2, -0.15) is 10.2 Å². The lowest BCUT2D eigenvalue weighted by atomic mass is 9.99. The number of nitrogens with zero attached hydrogens (tertiary/aromatic N) is 6. The maximum absolute atomic E-state index is 12.2. The molecule has 0 spiro atoms. The van der Waals surface area contributed by atoms with Crippen LogP contribution >= 0.6 is 0 Å². The van der Waals surface area contributed by atoms with Crippen LogP contribution < -0.4 is 10.6 Å². The second-order valence-corrected chi connectivity index (χ2v) is 8.99. The number of hydrogen-bond acceptors (Lipinski definition) is 8. The molecule has 10 heteroatoms. The molecule has 0 bridgehead atoms. The molecule has 4 aromatic heterocycles. The molecule has 0 saturated heterocycles. The number of rotatable bonds is 8. The third-order valence-corrected chi connectivity index (χ3v) is 6.31. The minimum absolute atomic E-state index is 0.183. The van der Waals surface area contributed by atoms with Crippen molar-refractivity contribution >= 4 is 23.5 Å². The van der Waals surface area contributed by atoms with Gasteiger partial charge in [0.25, 0.3) is 0 Å². The summed E-state index contributed by atoms with van der Waals surface area (Å²) in [5.41, 5.74) is 3.20. The van der Waals surface area contributed by atoms with Crippen LogP contribution in [0.25, 0.3) is 0 Å². The Bertz CT molecular complexity index is 1230. The molecule has 1 aliphatic rings. The first-order valence-electron chi connectivity index (χ1n) is 12.2. The predicted octanol–water partition coefficient (Wildman–Crippen LogP) is 3.47. The largest absolute Gasteiger partial charge is 0.309 e. The van der Waals surface area contributed by atoms with Crippen molar-refractivity contribution in [3.05, 3.63) is 95.8 Å². The standard InChI is InChI=1S/C27H26N8O2/c36-26(16-20-5-1-3-13-28-20)30-24-11-9-22(32-34-24)18-7-8-19(15-18)23-10-12-25(35-33-23)31-27(37)17-21-6-2-4-14-29-21/h1-6,9-14,18-19H,7-8,15-17H2,(H,30,34,36)(H,31,35,37)/t18-,19-/m1/s1. The van der Waals surface area contributed by atoms with Crippen molar-refractivity contribution in [1.29, 1.82) is 0 Å². The van der Waals surface area contributed by atoms with Crippen LogP contribution in [-0.2, 0) is 22.4 Å². The highest BCUT2D eigenvalue weighted by atomic mass is 16.2. The molecule has 4 heterocycles. The number of nitrogens with one attached hydrogen (secondary N) is 2. The van der Waals surface area contributed by atoms with E-state index in [0.717, 1.165) is 30.7 Å². The van der Waals surface area contributed by atoms with Gasteiger partial charge in [0.1, 0.15) is 0 Å². The number of hydrogen-bond donors (Lipinski definition) is 2. The lowest BCUT2D eigenvalue weighted by Crippen LogP contribution is -2.16. The summed E-state index contributed by atoms with van der Waals surface area (Å²) in [7, 11) is 0. The first kappa shape index (κ1) is 24.1. The van der Waals surface area contributed by atoms with Crippen LogP contribution in [-0.4, -0.2) is 42.2 Å². The fourth-order valence-corrected chi connectivity index (χ4v) is 4.48. The molecule has 5 rings (SSSR count). The maximum Gasteiger partial charge on any atom is 0.231 e. The van der Waals surface area contributed by atoms with E-state index in [1.807, 2.05) is 48.5 Å². The summed E-state index contributed by atoms with van der Waals surface area (Å²) in [6.07, 6.45) is 6.51. The summed E-state index contributed by atoms with van der Waals surface area (Å²) in [5.74, 6) is 0.996. The zero-order valence-corrected chi connectivity index (χ0v) is 20.1. The van der Waals surface area contributed by atoms with Gasteiger partial charge in [-0.3, -0.25) is 19.6 Å². The molecule has 186 valence electrons. The van der Waals surface area contributed by atoms with Gasteiger partial charge in [-0.25, -0.2) is 0 Å².